The van der Waals surface area contributed by atoms with Gasteiger partial charge in [-0.2, -0.15) is 0 Å². The second-order valence-corrected chi connectivity index (χ2v) is 4.59. The van der Waals surface area contributed by atoms with Gasteiger partial charge in [0, 0.05) is 17.8 Å². The number of halogens is 1. The zero-order chi connectivity index (χ0) is 14.0. The molecule has 1 saturated heterocycles. The monoisotopic (exact) mass is 265 g/mol. The van der Waals surface area contributed by atoms with Gasteiger partial charge >= 0.3 is 0 Å². The highest BCUT2D eigenvalue weighted by molar-refractivity contribution is 6.01. The Hall–Kier alpha value is -1.95. The van der Waals surface area contributed by atoms with E-state index in [1.807, 2.05) is 6.92 Å². The molecule has 1 unspecified atom stereocenters. The van der Waals surface area contributed by atoms with Crippen molar-refractivity contribution in [2.24, 2.45) is 0 Å². The fraction of sp³-hybridized carbons (Fsp3) is 0.385. The van der Waals surface area contributed by atoms with Gasteiger partial charge in [-0.25, -0.2) is 4.39 Å². The summed E-state index contributed by atoms with van der Waals surface area (Å²) in [5, 5.41) is 2.29. The number of nitrogen functional groups attached to an aromatic ring is 1. The summed E-state index contributed by atoms with van der Waals surface area (Å²) in [5.74, 6) is -1.10. The number of carbonyl (C=O) groups excluding carboxylic acids is 2. The molecule has 19 heavy (non-hydrogen) atoms. The quantitative estimate of drug-likeness (QED) is 0.621. The molecular formula is C13H16FN3O2. The van der Waals surface area contributed by atoms with Crippen molar-refractivity contribution in [3.05, 3.63) is 29.6 Å². The van der Waals surface area contributed by atoms with E-state index in [1.54, 1.807) is 17.0 Å². The van der Waals surface area contributed by atoms with Gasteiger partial charge in [-0.15, -0.1) is 0 Å². The SMILES string of the molecule is CCC1C(=O)NC(=O)CN1Cc1ccc(N)cc1F. The maximum atomic E-state index is 13.7. The second-order valence-electron chi connectivity index (χ2n) is 4.59. The first-order chi connectivity index (χ1) is 9.01. The molecule has 0 radical (unpaired) electrons. The van der Waals surface area contributed by atoms with Gasteiger partial charge in [-0.3, -0.25) is 19.8 Å². The molecule has 0 aromatic heterocycles. The molecule has 0 spiro atoms. The molecule has 2 rings (SSSR count). The summed E-state index contributed by atoms with van der Waals surface area (Å²) in [6.07, 6.45) is 0.565. The Morgan fingerprint density at radius 3 is 2.84 bits per heavy atom. The molecule has 1 heterocycles. The van der Waals surface area contributed by atoms with Crippen LogP contribution < -0.4 is 11.1 Å². The first kappa shape index (κ1) is 13.5. The van der Waals surface area contributed by atoms with E-state index in [4.69, 9.17) is 5.73 Å². The molecule has 3 N–H and O–H groups in total. The molecule has 5 nitrogen and oxygen atoms in total. The lowest BCUT2D eigenvalue weighted by atomic mass is 10.1. The molecular weight excluding hydrogens is 249 g/mol. The van der Waals surface area contributed by atoms with E-state index in [-0.39, 0.29) is 24.9 Å². The minimum absolute atomic E-state index is 0.0913. The highest BCUT2D eigenvalue weighted by Gasteiger charge is 2.32. The van der Waals surface area contributed by atoms with Crippen LogP contribution in [0.15, 0.2) is 18.2 Å². The van der Waals surface area contributed by atoms with Crippen LogP contribution in [0.2, 0.25) is 0 Å². The lowest BCUT2D eigenvalue weighted by molar-refractivity contribution is -0.140. The van der Waals surface area contributed by atoms with Gasteiger partial charge < -0.3 is 5.73 Å². The van der Waals surface area contributed by atoms with Crippen LogP contribution in [-0.4, -0.2) is 29.3 Å². The van der Waals surface area contributed by atoms with Gasteiger partial charge in [0.25, 0.3) is 0 Å². The largest absolute Gasteiger partial charge is 0.399 e. The van der Waals surface area contributed by atoms with Gasteiger partial charge in [-0.1, -0.05) is 13.0 Å². The van der Waals surface area contributed by atoms with Crippen molar-refractivity contribution in [3.63, 3.8) is 0 Å². The average molecular weight is 265 g/mol. The number of nitrogens with one attached hydrogen (secondary N) is 1. The number of amides is 2. The topological polar surface area (TPSA) is 75.4 Å². The average Bonchev–Trinajstić information content (AvgIpc) is 2.32. The minimum atomic E-state index is -0.423. The highest BCUT2D eigenvalue weighted by Crippen LogP contribution is 2.18. The molecule has 1 aromatic rings. The number of hydrogen-bond acceptors (Lipinski definition) is 4. The molecule has 1 aromatic carbocycles. The van der Waals surface area contributed by atoms with Crippen LogP contribution in [0, 0.1) is 5.82 Å². The minimum Gasteiger partial charge on any atom is -0.399 e. The van der Waals surface area contributed by atoms with Crippen molar-refractivity contribution < 1.29 is 14.0 Å². The number of anilines is 1. The number of rotatable bonds is 3. The predicted octanol–water partition coefficient (Wildman–Crippen LogP) is 0.645. The number of nitrogens with two attached hydrogens (primary N) is 1. The van der Waals surface area contributed by atoms with E-state index in [0.717, 1.165) is 0 Å². The van der Waals surface area contributed by atoms with Crippen LogP contribution in [0.3, 0.4) is 0 Å². The van der Waals surface area contributed by atoms with E-state index >= 15 is 0 Å². The molecule has 0 aliphatic carbocycles. The van der Waals surface area contributed by atoms with Crippen molar-refractivity contribution in [2.75, 3.05) is 12.3 Å². The normalized spacial score (nSPS) is 20.4. The summed E-state index contributed by atoms with van der Waals surface area (Å²) in [4.78, 5) is 24.8. The highest BCUT2D eigenvalue weighted by atomic mass is 19.1. The van der Waals surface area contributed by atoms with Gasteiger partial charge in [0.05, 0.1) is 12.6 Å². The summed E-state index contributed by atoms with van der Waals surface area (Å²) in [6, 6.07) is 4.01. The lowest BCUT2D eigenvalue weighted by Gasteiger charge is -2.33. The molecule has 102 valence electrons. The molecule has 0 bridgehead atoms. The van der Waals surface area contributed by atoms with E-state index in [2.05, 4.69) is 5.32 Å². The fourth-order valence-electron chi connectivity index (χ4n) is 2.24. The summed E-state index contributed by atoms with van der Waals surface area (Å²) in [5.41, 5.74) is 6.26. The van der Waals surface area contributed by atoms with Gasteiger partial charge in [-0.05, 0) is 18.6 Å². The Bertz CT molecular complexity index is 519. The molecule has 1 aliphatic rings. The van der Waals surface area contributed by atoms with Crippen molar-refractivity contribution in [1.29, 1.82) is 0 Å². The van der Waals surface area contributed by atoms with Crippen molar-refractivity contribution in [3.8, 4) is 0 Å². The van der Waals surface area contributed by atoms with E-state index < -0.39 is 11.9 Å². The number of hydrogen-bond donors (Lipinski definition) is 2. The number of carbonyl (C=O) groups is 2. The van der Waals surface area contributed by atoms with Crippen LogP contribution in [0.5, 0.6) is 0 Å². The number of piperazine rings is 1. The summed E-state index contributed by atoms with van der Waals surface area (Å²) in [7, 11) is 0. The van der Waals surface area contributed by atoms with E-state index in [1.165, 1.54) is 6.07 Å². The Morgan fingerprint density at radius 1 is 1.47 bits per heavy atom. The smallest absolute Gasteiger partial charge is 0.243 e. The van der Waals surface area contributed by atoms with Gasteiger partial charge in [0.2, 0.25) is 11.8 Å². The first-order valence-corrected chi connectivity index (χ1v) is 6.13. The number of benzene rings is 1. The second kappa shape index (κ2) is 5.36. The fourth-order valence-corrected chi connectivity index (χ4v) is 2.24. The molecule has 1 fully saturated rings. The van der Waals surface area contributed by atoms with Crippen LogP contribution in [0.1, 0.15) is 18.9 Å². The Balaban J connectivity index is 2.20. The van der Waals surface area contributed by atoms with Crippen molar-refractivity contribution in [2.45, 2.75) is 25.9 Å². The van der Waals surface area contributed by atoms with Crippen molar-refractivity contribution in [1.82, 2.24) is 10.2 Å². The summed E-state index contributed by atoms with van der Waals surface area (Å²) < 4.78 is 13.7. The number of nitrogens with zero attached hydrogens (tertiary/aromatic N) is 1. The van der Waals surface area contributed by atoms with Crippen LogP contribution in [0.4, 0.5) is 10.1 Å². The molecule has 1 atom stereocenters. The third-order valence-electron chi connectivity index (χ3n) is 3.19. The standard InChI is InChI=1S/C13H16FN3O2/c1-2-11-13(19)16-12(18)7-17(11)6-8-3-4-9(15)5-10(8)14/h3-5,11H,2,6-7,15H2,1H3,(H,16,18,19). The maximum absolute atomic E-state index is 13.7. The molecule has 0 saturated carbocycles. The third kappa shape index (κ3) is 2.90. The Morgan fingerprint density at radius 2 is 2.21 bits per heavy atom. The van der Waals surface area contributed by atoms with Crippen LogP contribution in [-0.2, 0) is 16.1 Å². The predicted molar refractivity (Wildman–Crippen MR) is 68.5 cm³/mol. The summed E-state index contributed by atoms with van der Waals surface area (Å²) in [6.45, 7) is 2.16. The summed E-state index contributed by atoms with van der Waals surface area (Å²) >= 11 is 0. The molecule has 1 aliphatic heterocycles. The van der Waals surface area contributed by atoms with Crippen molar-refractivity contribution >= 4 is 17.5 Å². The molecule has 6 heteroatoms. The Labute approximate surface area is 110 Å². The zero-order valence-corrected chi connectivity index (χ0v) is 10.6. The maximum Gasteiger partial charge on any atom is 0.243 e. The van der Waals surface area contributed by atoms with E-state index in [0.29, 0.717) is 17.7 Å². The zero-order valence-electron chi connectivity index (χ0n) is 10.6. The lowest BCUT2D eigenvalue weighted by Crippen LogP contribution is -2.57. The van der Waals surface area contributed by atoms with Crippen LogP contribution >= 0.6 is 0 Å². The van der Waals surface area contributed by atoms with Crippen LogP contribution in [0.25, 0.3) is 0 Å². The van der Waals surface area contributed by atoms with E-state index in [9.17, 15) is 14.0 Å². The molecule has 2 amide bonds. The first-order valence-electron chi connectivity index (χ1n) is 6.13. The number of imide groups is 1. The third-order valence-corrected chi connectivity index (χ3v) is 3.19. The Kier molecular flexibility index (Phi) is 3.80. The van der Waals surface area contributed by atoms with Gasteiger partial charge in [0.15, 0.2) is 0 Å². The van der Waals surface area contributed by atoms with Gasteiger partial charge in [0.1, 0.15) is 5.82 Å².